The molecular weight excluding hydrogens is 304 g/mol. The molecule has 8 heteroatoms. The monoisotopic (exact) mass is 318 g/mol. The molecule has 2 aromatic carbocycles. The van der Waals surface area contributed by atoms with E-state index in [1.54, 1.807) is 13.8 Å². The molecule has 2 N–H and O–H groups in total. The van der Waals surface area contributed by atoms with Gasteiger partial charge in [0, 0.05) is 29.7 Å². The van der Waals surface area contributed by atoms with Gasteiger partial charge in [0.1, 0.15) is 0 Å². The van der Waals surface area contributed by atoms with Gasteiger partial charge in [-0.25, -0.2) is 0 Å². The minimum Gasteiger partial charge on any atom is -0.502 e. The van der Waals surface area contributed by atoms with Crippen LogP contribution < -0.4 is 0 Å². The predicted molar refractivity (Wildman–Crippen MR) is 81.8 cm³/mol. The molecule has 0 saturated carbocycles. The van der Waals surface area contributed by atoms with Crippen molar-refractivity contribution in [3.8, 4) is 11.5 Å². The van der Waals surface area contributed by atoms with Crippen molar-refractivity contribution >= 4 is 11.4 Å². The SMILES string of the molecule is Cc1cc(Cc2cc(C)cc([N+](=O)[O-])c2O)c(O)c([N+](=O)[O-])c1. The maximum atomic E-state index is 10.9. The van der Waals surface area contributed by atoms with Gasteiger partial charge in [-0.05, 0) is 25.0 Å². The van der Waals surface area contributed by atoms with Crippen LogP contribution in [0.3, 0.4) is 0 Å². The van der Waals surface area contributed by atoms with Gasteiger partial charge in [0.05, 0.1) is 9.85 Å². The number of aromatic hydroxyl groups is 2. The Morgan fingerprint density at radius 2 is 1.17 bits per heavy atom. The topological polar surface area (TPSA) is 127 Å². The molecule has 8 nitrogen and oxygen atoms in total. The number of hydrogen-bond acceptors (Lipinski definition) is 6. The molecule has 0 fully saturated rings. The van der Waals surface area contributed by atoms with Crippen molar-refractivity contribution in [3.05, 3.63) is 66.7 Å². The Morgan fingerprint density at radius 3 is 1.48 bits per heavy atom. The molecular formula is C15H14N2O6. The van der Waals surface area contributed by atoms with Crippen molar-refractivity contribution in [1.29, 1.82) is 0 Å². The van der Waals surface area contributed by atoms with Gasteiger partial charge < -0.3 is 10.2 Å². The van der Waals surface area contributed by atoms with Crippen LogP contribution in [0.5, 0.6) is 11.5 Å². The first-order chi connectivity index (χ1) is 10.7. The van der Waals surface area contributed by atoms with Crippen molar-refractivity contribution in [2.45, 2.75) is 20.3 Å². The van der Waals surface area contributed by atoms with E-state index in [0.29, 0.717) is 11.1 Å². The van der Waals surface area contributed by atoms with Crippen LogP contribution in [-0.2, 0) is 6.42 Å². The first-order valence-corrected chi connectivity index (χ1v) is 6.64. The highest BCUT2D eigenvalue weighted by atomic mass is 16.6. The first-order valence-electron chi connectivity index (χ1n) is 6.64. The normalized spacial score (nSPS) is 10.5. The van der Waals surface area contributed by atoms with E-state index < -0.39 is 32.7 Å². The average Bonchev–Trinajstić information content (AvgIpc) is 2.45. The fourth-order valence-corrected chi connectivity index (χ4v) is 2.42. The Hall–Kier alpha value is -3.16. The van der Waals surface area contributed by atoms with Crippen LogP contribution in [-0.4, -0.2) is 20.1 Å². The molecule has 0 aliphatic rings. The molecule has 0 unspecified atom stereocenters. The minimum absolute atomic E-state index is 0.0668. The number of nitro groups is 2. The van der Waals surface area contributed by atoms with Crippen LogP contribution in [0.1, 0.15) is 22.3 Å². The Balaban J connectivity index is 2.56. The molecule has 0 aliphatic heterocycles. The number of aryl methyl sites for hydroxylation is 2. The highest BCUT2D eigenvalue weighted by Crippen LogP contribution is 2.37. The second kappa shape index (κ2) is 5.91. The molecule has 23 heavy (non-hydrogen) atoms. The maximum Gasteiger partial charge on any atom is 0.311 e. The van der Waals surface area contributed by atoms with Crippen molar-refractivity contribution in [2.75, 3.05) is 0 Å². The summed E-state index contributed by atoms with van der Waals surface area (Å²) in [5.74, 6) is -1.02. The number of hydrogen-bond donors (Lipinski definition) is 2. The first kappa shape index (κ1) is 16.2. The summed E-state index contributed by atoms with van der Waals surface area (Å²) in [6, 6.07) is 5.54. The lowest BCUT2D eigenvalue weighted by molar-refractivity contribution is -0.386. The molecule has 0 saturated heterocycles. The highest BCUT2D eigenvalue weighted by Gasteiger charge is 2.22. The lowest BCUT2D eigenvalue weighted by Gasteiger charge is -2.09. The number of rotatable bonds is 4. The van der Waals surface area contributed by atoms with E-state index in [9.17, 15) is 30.4 Å². The Morgan fingerprint density at radius 1 is 0.826 bits per heavy atom. The highest BCUT2D eigenvalue weighted by molar-refractivity contribution is 5.58. The van der Waals surface area contributed by atoms with E-state index in [1.165, 1.54) is 24.3 Å². The number of benzene rings is 2. The van der Waals surface area contributed by atoms with Crippen molar-refractivity contribution in [2.24, 2.45) is 0 Å². The van der Waals surface area contributed by atoms with Crippen LogP contribution in [0, 0.1) is 34.1 Å². The number of nitrogens with zero attached hydrogens (tertiary/aromatic N) is 2. The number of nitro benzene ring substituents is 2. The van der Waals surface area contributed by atoms with Gasteiger partial charge in [-0.3, -0.25) is 20.2 Å². The molecule has 120 valence electrons. The Labute approximate surface area is 130 Å². The molecule has 0 radical (unpaired) electrons. The van der Waals surface area contributed by atoms with E-state index in [4.69, 9.17) is 0 Å². The third-order valence-corrected chi connectivity index (χ3v) is 3.40. The van der Waals surface area contributed by atoms with Gasteiger partial charge in [-0.1, -0.05) is 12.1 Å². The third-order valence-electron chi connectivity index (χ3n) is 3.40. The number of phenolic OH excluding ortho intramolecular Hbond substituents is 2. The van der Waals surface area contributed by atoms with Crippen molar-refractivity contribution in [3.63, 3.8) is 0 Å². The zero-order valence-corrected chi connectivity index (χ0v) is 12.4. The second-order valence-electron chi connectivity index (χ2n) is 5.27. The van der Waals surface area contributed by atoms with Gasteiger partial charge in [0.25, 0.3) is 0 Å². The number of phenols is 2. The van der Waals surface area contributed by atoms with Crippen LogP contribution >= 0.6 is 0 Å². The van der Waals surface area contributed by atoms with E-state index in [0.717, 1.165) is 0 Å². The summed E-state index contributed by atoms with van der Waals surface area (Å²) in [5.41, 5.74) is 0.666. The van der Waals surface area contributed by atoms with Crippen LogP contribution in [0.15, 0.2) is 24.3 Å². The fourth-order valence-electron chi connectivity index (χ4n) is 2.42. The van der Waals surface area contributed by atoms with Crippen molar-refractivity contribution in [1.82, 2.24) is 0 Å². The summed E-state index contributed by atoms with van der Waals surface area (Å²) in [4.78, 5) is 20.5. The average molecular weight is 318 g/mol. The zero-order chi connectivity index (χ0) is 17.3. The maximum absolute atomic E-state index is 10.9. The van der Waals surface area contributed by atoms with E-state index in [1.807, 2.05) is 0 Å². The fraction of sp³-hybridized carbons (Fsp3) is 0.200. The summed E-state index contributed by atoms with van der Waals surface area (Å²) in [6.45, 7) is 3.27. The molecule has 0 amide bonds. The molecule has 0 bridgehead atoms. The Kier molecular flexibility index (Phi) is 4.17. The lowest BCUT2D eigenvalue weighted by atomic mass is 9.98. The molecule has 0 spiro atoms. The van der Waals surface area contributed by atoms with E-state index in [2.05, 4.69) is 0 Å². The summed E-state index contributed by atoms with van der Waals surface area (Å²) in [6.07, 6.45) is -0.0668. The minimum atomic E-state index is -0.704. The van der Waals surface area contributed by atoms with Crippen LogP contribution in [0.4, 0.5) is 11.4 Å². The molecule has 0 heterocycles. The van der Waals surface area contributed by atoms with Gasteiger partial charge in [0.15, 0.2) is 11.5 Å². The standard InChI is InChI=1S/C15H14N2O6/c1-8-3-10(14(18)12(5-8)16(20)21)7-11-4-9(2)6-13(15(11)19)17(22)23/h3-6,18-19H,7H2,1-2H3. The zero-order valence-electron chi connectivity index (χ0n) is 12.4. The third kappa shape index (κ3) is 3.20. The van der Waals surface area contributed by atoms with Gasteiger partial charge in [-0.15, -0.1) is 0 Å². The Bertz CT molecular complexity index is 749. The smallest absolute Gasteiger partial charge is 0.311 e. The van der Waals surface area contributed by atoms with E-state index in [-0.39, 0.29) is 17.5 Å². The molecule has 0 atom stereocenters. The largest absolute Gasteiger partial charge is 0.502 e. The van der Waals surface area contributed by atoms with Crippen LogP contribution in [0.2, 0.25) is 0 Å². The van der Waals surface area contributed by atoms with Gasteiger partial charge >= 0.3 is 11.4 Å². The lowest BCUT2D eigenvalue weighted by Crippen LogP contribution is -1.98. The second-order valence-corrected chi connectivity index (χ2v) is 5.27. The molecule has 2 aromatic rings. The van der Waals surface area contributed by atoms with Gasteiger partial charge in [-0.2, -0.15) is 0 Å². The van der Waals surface area contributed by atoms with E-state index >= 15 is 0 Å². The van der Waals surface area contributed by atoms with Gasteiger partial charge in [0.2, 0.25) is 0 Å². The summed E-state index contributed by atoms with van der Waals surface area (Å²) >= 11 is 0. The molecule has 0 aliphatic carbocycles. The quantitative estimate of drug-likeness (QED) is 0.658. The summed E-state index contributed by atoms with van der Waals surface area (Å²) in [7, 11) is 0. The van der Waals surface area contributed by atoms with Crippen LogP contribution in [0.25, 0.3) is 0 Å². The summed E-state index contributed by atoms with van der Waals surface area (Å²) < 4.78 is 0. The predicted octanol–water partition coefficient (Wildman–Crippen LogP) is 3.12. The molecule has 2 rings (SSSR count). The molecule has 0 aromatic heterocycles. The van der Waals surface area contributed by atoms with Crippen molar-refractivity contribution < 1.29 is 20.1 Å². The summed E-state index contributed by atoms with van der Waals surface area (Å²) in [5, 5.41) is 42.0.